The molecule has 1 saturated heterocycles. The van der Waals surface area contributed by atoms with Crippen LogP contribution in [0.15, 0.2) is 132 Å². The molecule has 1 aliphatic heterocycles. The highest BCUT2D eigenvalue weighted by atomic mass is 35.7. The van der Waals surface area contributed by atoms with Gasteiger partial charge in [-0.15, -0.1) is 0 Å². The molecule has 278 valence electrons. The summed E-state index contributed by atoms with van der Waals surface area (Å²) in [5, 5.41) is 2.63. The van der Waals surface area contributed by atoms with Crippen LogP contribution in [0.5, 0.6) is 5.75 Å². The van der Waals surface area contributed by atoms with Crippen molar-refractivity contribution in [3.8, 4) is 5.75 Å². The number of fused-ring (bicyclic) bond motifs is 1. The summed E-state index contributed by atoms with van der Waals surface area (Å²) in [6.07, 6.45) is 0.0335. The van der Waals surface area contributed by atoms with Crippen LogP contribution in [-0.4, -0.2) is 81.5 Å². The Kier molecular flexibility index (Phi) is 11.1. The van der Waals surface area contributed by atoms with Crippen molar-refractivity contribution in [2.24, 2.45) is 0 Å². The number of rotatable bonds is 13. The third kappa shape index (κ3) is 7.74. The first kappa shape index (κ1) is 37.2. The zero-order valence-corrected chi connectivity index (χ0v) is 31.3. The molecule has 0 bridgehead atoms. The first-order valence-corrected chi connectivity index (χ1v) is 19.8. The number of nitrogens with one attached hydrogen (secondary N) is 2. The van der Waals surface area contributed by atoms with E-state index in [-0.39, 0.29) is 36.9 Å². The van der Waals surface area contributed by atoms with Crippen LogP contribution >= 0.6 is 18.1 Å². The summed E-state index contributed by atoms with van der Waals surface area (Å²) < 4.78 is 34.3. The van der Waals surface area contributed by atoms with Crippen molar-refractivity contribution in [2.45, 2.75) is 17.9 Å². The lowest BCUT2D eigenvalue weighted by Gasteiger charge is -2.50. The second-order valence-electron chi connectivity index (χ2n) is 12.9. The summed E-state index contributed by atoms with van der Waals surface area (Å²) in [4.78, 5) is 40.1. The highest BCUT2D eigenvalue weighted by Crippen LogP contribution is 2.54. The lowest BCUT2D eigenvalue weighted by molar-refractivity contribution is -0.145. The summed E-state index contributed by atoms with van der Waals surface area (Å²) in [5.41, 5.74) is 1.86. The Morgan fingerprint density at radius 3 is 2.04 bits per heavy atom. The monoisotopic (exact) mass is 767 g/mol. The van der Waals surface area contributed by atoms with Gasteiger partial charge in [-0.05, 0) is 54.2 Å². The first-order valence-electron chi connectivity index (χ1n) is 17.3. The molecule has 13 nitrogen and oxygen atoms in total. The average molecular weight is 768 g/mol. The molecule has 1 aliphatic rings. The van der Waals surface area contributed by atoms with Gasteiger partial charge >= 0.3 is 6.87 Å². The van der Waals surface area contributed by atoms with Gasteiger partial charge in [0.25, 0.3) is 11.5 Å². The van der Waals surface area contributed by atoms with Gasteiger partial charge in [0.15, 0.2) is 17.8 Å². The molecule has 6 aromatic rings. The smallest absolute Gasteiger partial charge is 0.362 e. The van der Waals surface area contributed by atoms with Crippen LogP contribution in [0.1, 0.15) is 22.9 Å². The van der Waals surface area contributed by atoms with E-state index in [1.54, 1.807) is 42.9 Å². The number of para-hydroxylation sites is 1. The molecule has 1 amide bonds. The molecule has 54 heavy (non-hydrogen) atoms. The number of nitrogens with zero attached hydrogens (tertiary/aromatic N) is 5. The zero-order valence-electron chi connectivity index (χ0n) is 29.6. The quantitative estimate of drug-likeness (QED) is 0.102. The Morgan fingerprint density at radius 1 is 0.926 bits per heavy atom. The molecule has 3 unspecified atom stereocenters. The van der Waals surface area contributed by atoms with Crippen LogP contribution < -0.4 is 15.6 Å². The van der Waals surface area contributed by atoms with E-state index in [4.69, 9.17) is 25.2 Å². The molecular weight excluding hydrogens is 729 g/mol. The minimum Gasteiger partial charge on any atom is -0.484 e. The molecular formula is C39H39ClN7O6P. The lowest BCUT2D eigenvalue weighted by atomic mass is 9.75. The number of amides is 1. The fourth-order valence-corrected chi connectivity index (χ4v) is 7.49. The normalized spacial score (nSPS) is 17.6. The maximum Gasteiger partial charge on any atom is 0.362 e. The summed E-state index contributed by atoms with van der Waals surface area (Å²) in [7, 11) is 3.17. The Bertz CT molecular complexity index is 2200. The van der Waals surface area contributed by atoms with Crippen LogP contribution in [0.3, 0.4) is 0 Å². The Labute approximate surface area is 316 Å². The number of carbonyl (C=O) groups is 1. The summed E-state index contributed by atoms with van der Waals surface area (Å²) >= 11 is 6.34. The first-order chi connectivity index (χ1) is 26.1. The number of hydrogen-bond acceptors (Lipinski definition) is 9. The van der Waals surface area contributed by atoms with Gasteiger partial charge in [-0.1, -0.05) is 109 Å². The van der Waals surface area contributed by atoms with Crippen molar-refractivity contribution < 1.29 is 23.4 Å². The molecule has 2 N–H and O–H groups in total. The van der Waals surface area contributed by atoms with E-state index < -0.39 is 36.2 Å². The molecule has 3 heterocycles. The number of morpholine rings is 1. The minimum absolute atomic E-state index is 0.0559. The number of aromatic nitrogens is 4. The topological polar surface area (TPSA) is 144 Å². The lowest BCUT2D eigenvalue weighted by Crippen LogP contribution is -2.57. The third-order valence-corrected chi connectivity index (χ3v) is 11.8. The molecule has 0 saturated carbocycles. The highest BCUT2D eigenvalue weighted by Gasteiger charge is 2.47. The van der Waals surface area contributed by atoms with Crippen molar-refractivity contribution in [1.82, 2.24) is 29.1 Å². The molecule has 1 fully saturated rings. The van der Waals surface area contributed by atoms with Gasteiger partial charge in [-0.3, -0.25) is 33.9 Å². The summed E-state index contributed by atoms with van der Waals surface area (Å²) in [5.74, 6) is -0.0759. The number of carbonyl (C=O) groups excluding carboxylic acids is 1. The van der Waals surface area contributed by atoms with Crippen molar-refractivity contribution >= 4 is 41.1 Å². The van der Waals surface area contributed by atoms with Gasteiger partial charge in [-0.2, -0.15) is 4.98 Å². The molecule has 0 radical (unpaired) electrons. The van der Waals surface area contributed by atoms with E-state index in [1.807, 2.05) is 60.7 Å². The largest absolute Gasteiger partial charge is 0.484 e. The van der Waals surface area contributed by atoms with E-state index in [0.29, 0.717) is 12.3 Å². The molecule has 15 heteroatoms. The second-order valence-corrected chi connectivity index (χ2v) is 16.2. The van der Waals surface area contributed by atoms with Crippen LogP contribution in [0.25, 0.3) is 11.2 Å². The number of ether oxygens (including phenoxy) is 2. The van der Waals surface area contributed by atoms with Crippen molar-refractivity contribution in [1.29, 1.82) is 0 Å². The van der Waals surface area contributed by atoms with Gasteiger partial charge in [0.05, 0.1) is 24.6 Å². The van der Waals surface area contributed by atoms with E-state index in [9.17, 15) is 14.2 Å². The van der Waals surface area contributed by atoms with Crippen molar-refractivity contribution in [3.05, 3.63) is 155 Å². The minimum atomic E-state index is -3.66. The predicted molar refractivity (Wildman–Crippen MR) is 207 cm³/mol. The molecule has 0 aliphatic carbocycles. The third-order valence-electron chi connectivity index (χ3n) is 9.21. The number of imidazole rings is 1. The van der Waals surface area contributed by atoms with Gasteiger partial charge in [0, 0.05) is 13.1 Å². The van der Waals surface area contributed by atoms with Crippen LogP contribution in [0, 0.1) is 0 Å². The molecule has 7 rings (SSSR count). The summed E-state index contributed by atoms with van der Waals surface area (Å²) in [6, 6.07) is 39.5. The molecule has 0 spiro atoms. The van der Waals surface area contributed by atoms with Gasteiger partial charge in [-0.25, -0.2) is 9.65 Å². The summed E-state index contributed by atoms with van der Waals surface area (Å²) in [6.45, 7) is -3.44. The predicted octanol–water partition coefficient (Wildman–Crippen LogP) is 6.25. The molecule has 3 atom stereocenters. The van der Waals surface area contributed by atoms with Crippen molar-refractivity contribution in [2.75, 3.05) is 45.7 Å². The maximum absolute atomic E-state index is 13.3. The number of benzene rings is 4. The molecule has 2 aromatic heterocycles. The SMILES string of the molecule is CN(C)P(=O)(Cl)OCC1CN(C(c2ccccc2)(c2ccccc2)c2ccccc2)CC(n2cnc3c(=O)[nH]c(NC(=O)COc4ccccc4)nc32)O1. The molecule has 4 aromatic carbocycles. The standard InChI is InChI=1S/C39H39ClN7O6P/c1-45(2)54(40,50)52-25-32-23-46(39(28-15-7-3-8-16-28,29-17-9-4-10-18-29)30-19-11-5-12-20-30)24-34(53-32)47-27-41-35-36(47)43-38(44-37(35)49)42-33(48)26-51-31-21-13-6-14-22-31/h3-22,27,32,34H,23-26H2,1-2H3,(H2,42,43,44,48,49). The Hall–Kier alpha value is -5.14. The maximum atomic E-state index is 13.3. The van der Waals surface area contributed by atoms with Crippen LogP contribution in [-0.2, 0) is 24.2 Å². The van der Waals surface area contributed by atoms with E-state index in [1.165, 1.54) is 11.0 Å². The van der Waals surface area contributed by atoms with Crippen molar-refractivity contribution in [3.63, 3.8) is 0 Å². The highest BCUT2D eigenvalue weighted by molar-refractivity contribution is 7.83. The number of anilines is 1. The fraction of sp³-hybridized carbons (Fsp3) is 0.231. The van der Waals surface area contributed by atoms with Gasteiger partial charge < -0.3 is 14.0 Å². The zero-order chi connectivity index (χ0) is 37.7. The number of H-pyrrole nitrogens is 1. The van der Waals surface area contributed by atoms with E-state index in [0.717, 1.165) is 16.7 Å². The average Bonchev–Trinajstić information content (AvgIpc) is 3.63. The van der Waals surface area contributed by atoms with E-state index in [2.05, 4.69) is 61.6 Å². The number of hydrogen-bond donors (Lipinski definition) is 2. The Balaban J connectivity index is 1.30. The number of halogens is 1. The van der Waals surface area contributed by atoms with Gasteiger partial charge in [0.2, 0.25) is 5.95 Å². The fourth-order valence-electron chi connectivity index (χ4n) is 6.74. The second kappa shape index (κ2) is 16.1. The van der Waals surface area contributed by atoms with Crippen LogP contribution in [0.2, 0.25) is 0 Å². The number of aromatic amines is 1. The Morgan fingerprint density at radius 2 is 1.48 bits per heavy atom. The van der Waals surface area contributed by atoms with E-state index >= 15 is 0 Å². The van der Waals surface area contributed by atoms with Crippen LogP contribution in [0.4, 0.5) is 5.95 Å². The van der Waals surface area contributed by atoms with Gasteiger partial charge in [0.1, 0.15) is 12.0 Å².